The number of aromatic hydroxyl groups is 1. The Labute approximate surface area is 127 Å². The highest BCUT2D eigenvalue weighted by atomic mass is 16.5. The van der Waals surface area contributed by atoms with Gasteiger partial charge in [0.05, 0.1) is 6.61 Å². The van der Waals surface area contributed by atoms with E-state index in [9.17, 15) is 5.11 Å². The van der Waals surface area contributed by atoms with E-state index in [1.807, 2.05) is 26.0 Å². The summed E-state index contributed by atoms with van der Waals surface area (Å²) in [5, 5.41) is 9.70. The topological polar surface area (TPSA) is 29.5 Å². The van der Waals surface area contributed by atoms with Crippen LogP contribution in [0, 0.1) is 13.8 Å². The SMILES string of the molecule is CCOc1ccc(C(C)(C)c2ccc(O)c(C)c2)cc1C. The van der Waals surface area contributed by atoms with Crippen molar-refractivity contribution in [1.82, 2.24) is 0 Å². The summed E-state index contributed by atoms with van der Waals surface area (Å²) in [7, 11) is 0. The van der Waals surface area contributed by atoms with Crippen molar-refractivity contribution in [2.75, 3.05) is 6.61 Å². The first-order chi connectivity index (χ1) is 9.86. The third-order valence-corrected chi connectivity index (χ3v) is 4.11. The molecule has 0 heterocycles. The number of benzene rings is 2. The number of aryl methyl sites for hydroxylation is 2. The van der Waals surface area contributed by atoms with Crippen LogP contribution in [0.25, 0.3) is 0 Å². The summed E-state index contributed by atoms with van der Waals surface area (Å²) in [6.07, 6.45) is 0. The zero-order chi connectivity index (χ0) is 15.6. The van der Waals surface area contributed by atoms with Gasteiger partial charge in [-0.25, -0.2) is 0 Å². The molecule has 2 aromatic carbocycles. The van der Waals surface area contributed by atoms with Gasteiger partial charge in [-0.3, -0.25) is 0 Å². The van der Waals surface area contributed by atoms with Gasteiger partial charge in [0.25, 0.3) is 0 Å². The molecule has 0 aromatic heterocycles. The van der Waals surface area contributed by atoms with Gasteiger partial charge in [-0.1, -0.05) is 38.1 Å². The summed E-state index contributed by atoms with van der Waals surface area (Å²) in [6.45, 7) is 11.1. The van der Waals surface area contributed by atoms with Crippen molar-refractivity contribution in [3.8, 4) is 11.5 Å². The van der Waals surface area contributed by atoms with Crippen molar-refractivity contribution >= 4 is 0 Å². The van der Waals surface area contributed by atoms with Crippen molar-refractivity contribution in [2.45, 2.75) is 40.0 Å². The van der Waals surface area contributed by atoms with Gasteiger partial charge in [0.1, 0.15) is 11.5 Å². The van der Waals surface area contributed by atoms with E-state index in [-0.39, 0.29) is 5.41 Å². The van der Waals surface area contributed by atoms with Crippen molar-refractivity contribution in [3.05, 3.63) is 58.7 Å². The van der Waals surface area contributed by atoms with E-state index in [4.69, 9.17) is 4.74 Å². The fourth-order valence-corrected chi connectivity index (χ4v) is 2.57. The van der Waals surface area contributed by atoms with Gasteiger partial charge in [0, 0.05) is 5.41 Å². The summed E-state index contributed by atoms with van der Waals surface area (Å²) in [6, 6.07) is 12.2. The first-order valence-corrected chi connectivity index (χ1v) is 7.40. The molecular formula is C19H24O2. The zero-order valence-electron chi connectivity index (χ0n) is 13.5. The number of ether oxygens (including phenoxy) is 1. The van der Waals surface area contributed by atoms with Gasteiger partial charge < -0.3 is 9.84 Å². The summed E-state index contributed by atoms with van der Waals surface area (Å²) >= 11 is 0. The Morgan fingerprint density at radius 3 is 2.05 bits per heavy atom. The molecule has 0 spiro atoms. The molecule has 0 bridgehead atoms. The highest BCUT2D eigenvalue weighted by Crippen LogP contribution is 2.35. The molecule has 2 nitrogen and oxygen atoms in total. The van der Waals surface area contributed by atoms with Crippen molar-refractivity contribution in [3.63, 3.8) is 0 Å². The molecule has 0 aliphatic carbocycles. The number of rotatable bonds is 4. The molecule has 0 unspecified atom stereocenters. The molecule has 0 aliphatic rings. The van der Waals surface area contributed by atoms with Gasteiger partial charge in [-0.05, 0) is 55.2 Å². The zero-order valence-corrected chi connectivity index (χ0v) is 13.5. The minimum absolute atomic E-state index is 0.117. The first-order valence-electron chi connectivity index (χ1n) is 7.40. The maximum Gasteiger partial charge on any atom is 0.122 e. The Morgan fingerprint density at radius 1 is 0.952 bits per heavy atom. The van der Waals surface area contributed by atoms with E-state index in [1.54, 1.807) is 6.07 Å². The molecule has 0 amide bonds. The molecule has 0 aliphatic heterocycles. The summed E-state index contributed by atoms with van der Waals surface area (Å²) in [5.74, 6) is 1.29. The third-order valence-electron chi connectivity index (χ3n) is 4.11. The molecule has 0 atom stereocenters. The molecule has 21 heavy (non-hydrogen) atoms. The van der Waals surface area contributed by atoms with Crippen molar-refractivity contribution in [2.24, 2.45) is 0 Å². The molecule has 0 fully saturated rings. The Bertz CT molecular complexity index is 642. The fourth-order valence-electron chi connectivity index (χ4n) is 2.57. The number of phenols is 1. The molecule has 0 saturated heterocycles. The second-order valence-corrected chi connectivity index (χ2v) is 6.04. The second-order valence-electron chi connectivity index (χ2n) is 6.04. The second kappa shape index (κ2) is 5.80. The van der Waals surface area contributed by atoms with Crippen LogP contribution in [-0.4, -0.2) is 11.7 Å². The van der Waals surface area contributed by atoms with Gasteiger partial charge in [-0.15, -0.1) is 0 Å². The Hall–Kier alpha value is -1.96. The van der Waals surface area contributed by atoms with Crippen LogP contribution in [-0.2, 0) is 5.41 Å². The van der Waals surface area contributed by atoms with Crippen LogP contribution in [0.1, 0.15) is 43.0 Å². The fraction of sp³-hybridized carbons (Fsp3) is 0.368. The highest BCUT2D eigenvalue weighted by molar-refractivity contribution is 5.46. The van der Waals surface area contributed by atoms with Gasteiger partial charge in [0.2, 0.25) is 0 Å². The molecule has 2 rings (SSSR count). The largest absolute Gasteiger partial charge is 0.508 e. The summed E-state index contributed by atoms with van der Waals surface area (Å²) in [5.41, 5.74) is 4.38. The van der Waals surface area contributed by atoms with E-state index < -0.39 is 0 Å². The summed E-state index contributed by atoms with van der Waals surface area (Å²) in [4.78, 5) is 0. The molecule has 0 radical (unpaired) electrons. The first kappa shape index (κ1) is 15.4. The molecule has 0 saturated carbocycles. The predicted molar refractivity (Wildman–Crippen MR) is 87.3 cm³/mol. The van der Waals surface area contributed by atoms with Crippen LogP contribution in [0.15, 0.2) is 36.4 Å². The van der Waals surface area contributed by atoms with Crippen LogP contribution in [0.4, 0.5) is 0 Å². The summed E-state index contributed by atoms with van der Waals surface area (Å²) < 4.78 is 5.61. The average Bonchev–Trinajstić information content (AvgIpc) is 2.44. The van der Waals surface area contributed by atoms with Crippen molar-refractivity contribution < 1.29 is 9.84 Å². The normalized spacial score (nSPS) is 11.5. The Kier molecular flexibility index (Phi) is 4.26. The highest BCUT2D eigenvalue weighted by Gasteiger charge is 2.24. The predicted octanol–water partition coefficient (Wildman–Crippen LogP) is 4.73. The Balaban J connectivity index is 2.43. The molecule has 2 aromatic rings. The molecular weight excluding hydrogens is 260 g/mol. The van der Waals surface area contributed by atoms with E-state index in [2.05, 4.69) is 39.0 Å². The maximum atomic E-state index is 9.70. The molecule has 1 N–H and O–H groups in total. The van der Waals surface area contributed by atoms with Crippen LogP contribution >= 0.6 is 0 Å². The van der Waals surface area contributed by atoms with Gasteiger partial charge >= 0.3 is 0 Å². The maximum absolute atomic E-state index is 9.70. The average molecular weight is 284 g/mol. The lowest BCUT2D eigenvalue weighted by atomic mass is 9.77. The van der Waals surface area contributed by atoms with Crippen LogP contribution < -0.4 is 4.74 Å². The lowest BCUT2D eigenvalue weighted by Gasteiger charge is -2.27. The van der Waals surface area contributed by atoms with Crippen LogP contribution in [0.5, 0.6) is 11.5 Å². The quantitative estimate of drug-likeness (QED) is 0.879. The monoisotopic (exact) mass is 284 g/mol. The molecule has 2 heteroatoms. The van der Waals surface area contributed by atoms with E-state index >= 15 is 0 Å². The van der Waals surface area contributed by atoms with Gasteiger partial charge in [0.15, 0.2) is 0 Å². The minimum atomic E-state index is -0.117. The smallest absolute Gasteiger partial charge is 0.122 e. The lowest BCUT2D eigenvalue weighted by molar-refractivity contribution is 0.337. The third kappa shape index (κ3) is 3.05. The molecule has 112 valence electrons. The van der Waals surface area contributed by atoms with Crippen LogP contribution in [0.3, 0.4) is 0 Å². The van der Waals surface area contributed by atoms with E-state index in [0.717, 1.165) is 16.9 Å². The lowest BCUT2D eigenvalue weighted by Crippen LogP contribution is -2.19. The van der Waals surface area contributed by atoms with Crippen molar-refractivity contribution in [1.29, 1.82) is 0 Å². The van der Waals surface area contributed by atoms with Crippen LogP contribution in [0.2, 0.25) is 0 Å². The van der Waals surface area contributed by atoms with Gasteiger partial charge in [-0.2, -0.15) is 0 Å². The number of hydrogen-bond acceptors (Lipinski definition) is 2. The minimum Gasteiger partial charge on any atom is -0.508 e. The number of hydrogen-bond donors (Lipinski definition) is 1. The van der Waals surface area contributed by atoms with E-state index in [1.165, 1.54) is 11.1 Å². The van der Waals surface area contributed by atoms with E-state index in [0.29, 0.717) is 12.4 Å². The Morgan fingerprint density at radius 2 is 1.52 bits per heavy atom. The standard InChI is InChI=1S/C19H24O2/c1-6-21-18-10-8-16(12-14(18)3)19(4,5)15-7-9-17(20)13(2)11-15/h7-12,20H,6H2,1-5H3. The number of phenolic OH excluding ortho intramolecular Hbond substituents is 1.